The van der Waals surface area contributed by atoms with Crippen LogP contribution in [0.25, 0.3) is 0 Å². The highest BCUT2D eigenvalue weighted by atomic mass is 19.1. The third-order valence-electron chi connectivity index (χ3n) is 3.18. The Hall–Kier alpha value is -1.58. The van der Waals surface area contributed by atoms with Gasteiger partial charge in [0.1, 0.15) is 0 Å². The van der Waals surface area contributed by atoms with E-state index in [1.54, 1.807) is 0 Å². The largest absolute Gasteiger partial charge is 0.349 e. The van der Waals surface area contributed by atoms with Gasteiger partial charge in [-0.25, -0.2) is 9.38 Å². The number of hydrogen-bond donors (Lipinski definition) is 0. The lowest BCUT2D eigenvalue weighted by Crippen LogP contribution is -2.36. The molecular formula is C14H20FN3. The van der Waals surface area contributed by atoms with E-state index in [-0.39, 0.29) is 6.04 Å². The molecular weight excluding hydrogens is 229 g/mol. The summed E-state index contributed by atoms with van der Waals surface area (Å²) in [6.07, 6.45) is 0.474. The molecule has 4 heteroatoms. The predicted octanol–water partition coefficient (Wildman–Crippen LogP) is 2.10. The molecule has 1 aliphatic carbocycles. The van der Waals surface area contributed by atoms with Crippen molar-refractivity contribution in [1.82, 2.24) is 9.80 Å². The average Bonchev–Trinajstić information content (AvgIpc) is 2.99. The Kier molecular flexibility index (Phi) is 3.28. The summed E-state index contributed by atoms with van der Waals surface area (Å²) >= 11 is 0. The minimum atomic E-state index is -1.28. The van der Waals surface area contributed by atoms with Crippen molar-refractivity contribution in [3.05, 3.63) is 35.9 Å². The van der Waals surface area contributed by atoms with Crippen molar-refractivity contribution >= 4 is 5.96 Å². The fourth-order valence-electron chi connectivity index (χ4n) is 2.17. The Morgan fingerprint density at radius 2 is 1.72 bits per heavy atom. The van der Waals surface area contributed by atoms with Crippen molar-refractivity contribution < 1.29 is 4.39 Å². The number of rotatable bonds is 2. The number of guanidine groups is 1. The van der Waals surface area contributed by atoms with Crippen LogP contribution in [0.15, 0.2) is 35.3 Å². The maximum absolute atomic E-state index is 14.6. The first-order chi connectivity index (χ1) is 8.45. The zero-order valence-corrected chi connectivity index (χ0v) is 11.4. The minimum Gasteiger partial charge on any atom is -0.349 e. The Balaban J connectivity index is 2.18. The summed E-state index contributed by atoms with van der Waals surface area (Å²) in [5.74, 6) is 0.801. The molecule has 0 heterocycles. The fourth-order valence-corrected chi connectivity index (χ4v) is 2.17. The van der Waals surface area contributed by atoms with E-state index in [1.165, 1.54) is 0 Å². The normalized spacial score (nSPS) is 25.5. The first kappa shape index (κ1) is 12.9. The number of benzene rings is 1. The Labute approximate surface area is 108 Å². The summed E-state index contributed by atoms with van der Waals surface area (Å²) < 4.78 is 14.6. The van der Waals surface area contributed by atoms with Gasteiger partial charge in [-0.1, -0.05) is 30.3 Å². The summed E-state index contributed by atoms with van der Waals surface area (Å²) in [5.41, 5.74) is -0.547. The SMILES string of the molecule is CN(C)C(=NC1CC1(F)c1ccccc1)N(C)C. The van der Waals surface area contributed by atoms with Gasteiger partial charge in [0.25, 0.3) is 0 Å². The van der Waals surface area contributed by atoms with E-state index < -0.39 is 5.67 Å². The molecule has 2 rings (SSSR count). The van der Waals surface area contributed by atoms with Crippen molar-refractivity contribution in [2.24, 2.45) is 4.99 Å². The highest BCUT2D eigenvalue weighted by Crippen LogP contribution is 2.52. The Morgan fingerprint density at radius 3 is 2.22 bits per heavy atom. The first-order valence-corrected chi connectivity index (χ1v) is 6.12. The molecule has 1 fully saturated rings. The van der Waals surface area contributed by atoms with Gasteiger partial charge in [0, 0.05) is 34.6 Å². The quantitative estimate of drug-likeness (QED) is 0.590. The molecule has 98 valence electrons. The van der Waals surface area contributed by atoms with Gasteiger partial charge in [-0.05, 0) is 5.56 Å². The van der Waals surface area contributed by atoms with E-state index in [4.69, 9.17) is 0 Å². The highest BCUT2D eigenvalue weighted by Gasteiger charge is 2.57. The monoisotopic (exact) mass is 249 g/mol. The van der Waals surface area contributed by atoms with Crippen molar-refractivity contribution in [3.8, 4) is 0 Å². The first-order valence-electron chi connectivity index (χ1n) is 6.12. The molecule has 0 amide bonds. The molecule has 1 aliphatic rings. The summed E-state index contributed by atoms with van der Waals surface area (Å²) in [5, 5.41) is 0. The van der Waals surface area contributed by atoms with Gasteiger partial charge in [-0.15, -0.1) is 0 Å². The summed E-state index contributed by atoms with van der Waals surface area (Å²) in [4.78, 5) is 8.32. The number of alkyl halides is 1. The van der Waals surface area contributed by atoms with Crippen LogP contribution in [0, 0.1) is 0 Å². The van der Waals surface area contributed by atoms with Crippen LogP contribution in [0.1, 0.15) is 12.0 Å². The van der Waals surface area contributed by atoms with Crippen LogP contribution < -0.4 is 0 Å². The lowest BCUT2D eigenvalue weighted by Gasteiger charge is -2.22. The van der Waals surface area contributed by atoms with Gasteiger partial charge in [0.05, 0.1) is 6.04 Å². The van der Waals surface area contributed by atoms with Crippen LogP contribution >= 0.6 is 0 Å². The van der Waals surface area contributed by atoms with E-state index in [0.717, 1.165) is 11.5 Å². The summed E-state index contributed by atoms with van der Waals surface area (Å²) in [7, 11) is 7.68. The Bertz CT molecular complexity index is 432. The van der Waals surface area contributed by atoms with Crippen LogP contribution in [-0.4, -0.2) is 50.0 Å². The van der Waals surface area contributed by atoms with Crippen molar-refractivity contribution in [2.45, 2.75) is 18.1 Å². The van der Waals surface area contributed by atoms with Gasteiger partial charge >= 0.3 is 0 Å². The molecule has 18 heavy (non-hydrogen) atoms. The van der Waals surface area contributed by atoms with Crippen LogP contribution in [0.2, 0.25) is 0 Å². The van der Waals surface area contributed by atoms with E-state index in [9.17, 15) is 4.39 Å². The van der Waals surface area contributed by atoms with Gasteiger partial charge in [-0.3, -0.25) is 0 Å². The second-order valence-corrected chi connectivity index (χ2v) is 5.17. The molecule has 1 aromatic rings. The lowest BCUT2D eigenvalue weighted by molar-refractivity contribution is 0.305. The van der Waals surface area contributed by atoms with Crippen LogP contribution in [0.5, 0.6) is 0 Å². The summed E-state index contributed by atoms with van der Waals surface area (Å²) in [6, 6.07) is 9.04. The van der Waals surface area contributed by atoms with Gasteiger partial charge in [0.2, 0.25) is 0 Å². The van der Waals surface area contributed by atoms with E-state index in [2.05, 4.69) is 4.99 Å². The number of nitrogens with zero attached hydrogens (tertiary/aromatic N) is 3. The third-order valence-corrected chi connectivity index (χ3v) is 3.18. The Morgan fingerprint density at radius 1 is 1.17 bits per heavy atom. The number of halogens is 1. The number of hydrogen-bond acceptors (Lipinski definition) is 1. The summed E-state index contributed by atoms with van der Waals surface area (Å²) in [6.45, 7) is 0. The molecule has 2 unspecified atom stereocenters. The van der Waals surface area contributed by atoms with Gasteiger partial charge < -0.3 is 9.80 Å². The molecule has 0 aromatic heterocycles. The van der Waals surface area contributed by atoms with Crippen molar-refractivity contribution in [1.29, 1.82) is 0 Å². The molecule has 2 atom stereocenters. The second kappa shape index (κ2) is 4.59. The van der Waals surface area contributed by atoms with Gasteiger partial charge in [0.15, 0.2) is 11.6 Å². The van der Waals surface area contributed by atoms with E-state index >= 15 is 0 Å². The van der Waals surface area contributed by atoms with E-state index in [1.807, 2.05) is 68.3 Å². The van der Waals surface area contributed by atoms with Crippen LogP contribution in [0.3, 0.4) is 0 Å². The zero-order valence-electron chi connectivity index (χ0n) is 11.4. The molecule has 1 saturated carbocycles. The molecule has 0 spiro atoms. The fraction of sp³-hybridized carbons (Fsp3) is 0.500. The van der Waals surface area contributed by atoms with E-state index in [0.29, 0.717) is 6.42 Å². The topological polar surface area (TPSA) is 18.8 Å². The predicted molar refractivity (Wildman–Crippen MR) is 72.4 cm³/mol. The highest BCUT2D eigenvalue weighted by molar-refractivity contribution is 5.79. The molecule has 0 N–H and O–H groups in total. The molecule has 1 aromatic carbocycles. The lowest BCUT2D eigenvalue weighted by atomic mass is 10.1. The van der Waals surface area contributed by atoms with Crippen LogP contribution in [0.4, 0.5) is 4.39 Å². The smallest absolute Gasteiger partial charge is 0.195 e. The van der Waals surface area contributed by atoms with Crippen molar-refractivity contribution in [2.75, 3.05) is 28.2 Å². The van der Waals surface area contributed by atoms with Crippen molar-refractivity contribution in [3.63, 3.8) is 0 Å². The average molecular weight is 249 g/mol. The number of aliphatic imine (C=N–C) groups is 1. The maximum Gasteiger partial charge on any atom is 0.195 e. The second-order valence-electron chi connectivity index (χ2n) is 5.17. The minimum absolute atomic E-state index is 0.264. The standard InChI is InChI=1S/C14H20FN3/c1-17(2)13(18(3)4)16-12-10-14(12,15)11-8-6-5-7-9-11/h5-9,12H,10H2,1-4H3. The van der Waals surface area contributed by atoms with Crippen LogP contribution in [-0.2, 0) is 5.67 Å². The molecule has 0 saturated heterocycles. The maximum atomic E-state index is 14.6. The molecule has 0 radical (unpaired) electrons. The zero-order chi connectivity index (χ0) is 13.3. The van der Waals surface area contributed by atoms with Gasteiger partial charge in [-0.2, -0.15) is 0 Å². The third kappa shape index (κ3) is 2.33. The molecule has 3 nitrogen and oxygen atoms in total. The molecule has 0 aliphatic heterocycles. The molecule has 0 bridgehead atoms.